The van der Waals surface area contributed by atoms with Crippen LogP contribution in [0.4, 0.5) is 4.79 Å². The lowest BCUT2D eigenvalue weighted by molar-refractivity contribution is -0.163. The molecule has 1 saturated heterocycles. The summed E-state index contributed by atoms with van der Waals surface area (Å²) in [6, 6.07) is -0.118. The third kappa shape index (κ3) is 2.68. The first kappa shape index (κ1) is 17.2. The molecule has 0 aromatic rings. The highest BCUT2D eigenvalue weighted by molar-refractivity contribution is 5.77. The maximum Gasteiger partial charge on any atom is 0.407 e. The largest absolute Gasteiger partial charge is 0.462 e. The number of hydrogen-bond donors (Lipinski definition) is 2. The minimum Gasteiger partial charge on any atom is -0.462 e. The average molecular weight is 339 g/mol. The van der Waals surface area contributed by atoms with Crippen molar-refractivity contribution in [2.45, 2.75) is 57.3 Å². The minimum atomic E-state index is -1.13. The van der Waals surface area contributed by atoms with Crippen LogP contribution in [0.15, 0.2) is 0 Å². The van der Waals surface area contributed by atoms with Crippen LogP contribution in [-0.4, -0.2) is 47.8 Å². The number of rotatable bonds is 3. The van der Waals surface area contributed by atoms with Crippen molar-refractivity contribution in [3.8, 4) is 0 Å². The van der Waals surface area contributed by atoms with Gasteiger partial charge >= 0.3 is 12.1 Å². The number of cyclic esters (lactones) is 1. The summed E-state index contributed by atoms with van der Waals surface area (Å²) in [5.74, 6) is -1.70. The molecule has 7 heteroatoms. The van der Waals surface area contributed by atoms with Gasteiger partial charge in [-0.05, 0) is 45.4 Å². The van der Waals surface area contributed by atoms with Crippen LogP contribution in [0.5, 0.6) is 0 Å². The highest BCUT2D eigenvalue weighted by atomic mass is 16.6. The molecule has 0 aromatic carbocycles. The van der Waals surface area contributed by atoms with Crippen molar-refractivity contribution in [2.24, 2.45) is 23.7 Å². The van der Waals surface area contributed by atoms with E-state index in [4.69, 9.17) is 9.47 Å². The number of hydrogen-bond acceptors (Lipinski definition) is 6. The molecule has 0 aromatic heterocycles. The summed E-state index contributed by atoms with van der Waals surface area (Å²) in [6.45, 7) is 3.82. The summed E-state index contributed by atoms with van der Waals surface area (Å²) in [7, 11) is 0. The lowest BCUT2D eigenvalue weighted by Gasteiger charge is -2.52. The number of aliphatic hydroxyl groups is 1. The molecule has 0 spiro atoms. The second-order valence-electron chi connectivity index (χ2n) is 7.25. The van der Waals surface area contributed by atoms with Crippen molar-refractivity contribution in [3.05, 3.63) is 0 Å². The Morgan fingerprint density at radius 3 is 2.92 bits per heavy atom. The molecule has 0 bridgehead atoms. The molecule has 7 nitrogen and oxygen atoms in total. The molecule has 1 heterocycles. The number of carbonyl (C=O) groups is 3. The maximum absolute atomic E-state index is 12.1. The number of amides is 1. The third-order valence-corrected chi connectivity index (χ3v) is 6.06. The molecule has 2 saturated carbocycles. The zero-order chi connectivity index (χ0) is 17.5. The number of carbonyl (C=O) groups excluding carboxylic acids is 3. The normalized spacial score (nSPS) is 44.0. The predicted molar refractivity (Wildman–Crippen MR) is 82.9 cm³/mol. The number of alkyl carbamates (subject to hydrolysis) is 1. The van der Waals surface area contributed by atoms with Gasteiger partial charge in [0.25, 0.3) is 0 Å². The van der Waals surface area contributed by atoms with Gasteiger partial charge in [-0.2, -0.15) is 0 Å². The van der Waals surface area contributed by atoms with Gasteiger partial charge in [0, 0.05) is 12.0 Å². The van der Waals surface area contributed by atoms with Crippen molar-refractivity contribution in [3.63, 3.8) is 0 Å². The third-order valence-electron chi connectivity index (χ3n) is 6.06. The molecule has 1 unspecified atom stereocenters. The van der Waals surface area contributed by atoms with Gasteiger partial charge in [0.15, 0.2) is 0 Å². The summed E-state index contributed by atoms with van der Waals surface area (Å²) in [5, 5.41) is 14.0. The van der Waals surface area contributed by atoms with E-state index in [-0.39, 0.29) is 35.9 Å². The lowest BCUT2D eigenvalue weighted by Crippen LogP contribution is -2.60. The van der Waals surface area contributed by atoms with E-state index in [2.05, 4.69) is 5.32 Å². The fourth-order valence-corrected chi connectivity index (χ4v) is 4.96. The van der Waals surface area contributed by atoms with Gasteiger partial charge in [-0.1, -0.05) is 0 Å². The van der Waals surface area contributed by atoms with Gasteiger partial charge in [-0.3, -0.25) is 4.79 Å². The Bertz CT molecular complexity index is 537. The Balaban J connectivity index is 1.78. The van der Waals surface area contributed by atoms with Crippen molar-refractivity contribution < 1.29 is 29.0 Å². The predicted octanol–water partition coefficient (Wildman–Crippen LogP) is 1.03. The van der Waals surface area contributed by atoms with E-state index >= 15 is 0 Å². The number of nitrogens with one attached hydrogen (secondary N) is 1. The Morgan fingerprint density at radius 2 is 2.25 bits per heavy atom. The van der Waals surface area contributed by atoms with Crippen LogP contribution in [0, 0.1) is 23.7 Å². The Kier molecular flexibility index (Phi) is 4.55. The van der Waals surface area contributed by atoms with E-state index in [0.717, 1.165) is 6.29 Å². The Labute approximate surface area is 141 Å². The molecule has 3 fully saturated rings. The standard InChI is InChI=1S/C17H25NO6/c1-3-23-16(21)18-11-4-5-17(22)10(6-11)7-12-14(13(17)8-19)9(2)24-15(12)20/h8-14,22H,3-7H2,1-2H3,(H,18,21)/t9-,10+,11?,12-,13-,14-,17+/m1/s1. The molecule has 7 atom stereocenters. The first-order valence-electron chi connectivity index (χ1n) is 8.72. The number of fused-ring (bicyclic) bond motifs is 2. The fraction of sp³-hybridized carbons (Fsp3) is 0.824. The molecule has 1 amide bonds. The first-order chi connectivity index (χ1) is 11.4. The highest BCUT2D eigenvalue weighted by Gasteiger charge is 2.61. The zero-order valence-corrected chi connectivity index (χ0v) is 14.1. The second kappa shape index (κ2) is 6.35. The van der Waals surface area contributed by atoms with Gasteiger partial charge < -0.3 is 24.7 Å². The number of ether oxygens (including phenoxy) is 2. The van der Waals surface area contributed by atoms with E-state index in [1.54, 1.807) is 13.8 Å². The van der Waals surface area contributed by atoms with Crippen LogP contribution < -0.4 is 5.32 Å². The summed E-state index contributed by atoms with van der Waals surface area (Å²) in [4.78, 5) is 35.5. The van der Waals surface area contributed by atoms with Crippen molar-refractivity contribution in [1.82, 2.24) is 5.32 Å². The van der Waals surface area contributed by atoms with Crippen LogP contribution in [0.1, 0.15) is 39.5 Å². The van der Waals surface area contributed by atoms with Crippen LogP contribution in [0.2, 0.25) is 0 Å². The van der Waals surface area contributed by atoms with Gasteiger partial charge in [-0.25, -0.2) is 4.79 Å². The summed E-state index contributed by atoms with van der Waals surface area (Å²) >= 11 is 0. The first-order valence-corrected chi connectivity index (χ1v) is 8.72. The topological polar surface area (TPSA) is 102 Å². The van der Waals surface area contributed by atoms with Crippen molar-refractivity contribution in [1.29, 1.82) is 0 Å². The molecule has 24 heavy (non-hydrogen) atoms. The Morgan fingerprint density at radius 1 is 1.50 bits per heavy atom. The molecule has 3 rings (SSSR count). The van der Waals surface area contributed by atoms with E-state index in [1.807, 2.05) is 0 Å². The van der Waals surface area contributed by atoms with Crippen molar-refractivity contribution in [2.75, 3.05) is 6.61 Å². The lowest BCUT2D eigenvalue weighted by atomic mass is 9.54. The second-order valence-corrected chi connectivity index (χ2v) is 7.25. The smallest absolute Gasteiger partial charge is 0.407 e. The number of aldehydes is 1. The molecular weight excluding hydrogens is 314 g/mol. The van der Waals surface area contributed by atoms with Crippen LogP contribution in [-0.2, 0) is 19.1 Å². The molecule has 3 aliphatic rings. The summed E-state index contributed by atoms with van der Waals surface area (Å²) < 4.78 is 10.2. The van der Waals surface area contributed by atoms with Crippen LogP contribution in [0.25, 0.3) is 0 Å². The SMILES string of the molecule is CCOC(=O)NC1CC[C@]2(O)[C@@H](C1)C[C@H]1C(=O)O[C@H](C)[C@H]1[C@H]2C=O. The average Bonchev–Trinajstić information content (AvgIpc) is 2.80. The molecular formula is C17H25NO6. The van der Waals surface area contributed by atoms with Gasteiger partial charge in [0.05, 0.1) is 24.0 Å². The Hall–Kier alpha value is -1.63. The molecule has 134 valence electrons. The monoisotopic (exact) mass is 339 g/mol. The van der Waals surface area contributed by atoms with E-state index in [0.29, 0.717) is 32.3 Å². The van der Waals surface area contributed by atoms with Crippen molar-refractivity contribution >= 4 is 18.3 Å². The van der Waals surface area contributed by atoms with E-state index in [9.17, 15) is 19.5 Å². The summed E-state index contributed by atoms with van der Waals surface area (Å²) in [6.07, 6.45) is 2.00. The maximum atomic E-state index is 12.1. The zero-order valence-electron chi connectivity index (χ0n) is 14.1. The fourth-order valence-electron chi connectivity index (χ4n) is 4.96. The van der Waals surface area contributed by atoms with Gasteiger partial charge in [0.2, 0.25) is 0 Å². The quantitative estimate of drug-likeness (QED) is 0.588. The highest BCUT2D eigenvalue weighted by Crippen LogP contribution is 2.54. The molecule has 2 aliphatic carbocycles. The van der Waals surface area contributed by atoms with E-state index in [1.165, 1.54) is 0 Å². The van der Waals surface area contributed by atoms with E-state index < -0.39 is 17.6 Å². The number of esters is 1. The molecule has 1 aliphatic heterocycles. The minimum absolute atomic E-state index is 0.118. The van der Waals surface area contributed by atoms with Gasteiger partial charge in [-0.15, -0.1) is 0 Å². The summed E-state index contributed by atoms with van der Waals surface area (Å²) in [5.41, 5.74) is -1.13. The van der Waals surface area contributed by atoms with Crippen LogP contribution >= 0.6 is 0 Å². The molecule has 0 radical (unpaired) electrons. The molecule has 2 N–H and O–H groups in total. The van der Waals surface area contributed by atoms with Crippen LogP contribution in [0.3, 0.4) is 0 Å². The van der Waals surface area contributed by atoms with Gasteiger partial charge in [0.1, 0.15) is 12.4 Å².